The van der Waals surface area contributed by atoms with Crippen LogP contribution in [0.2, 0.25) is 0 Å². The van der Waals surface area contributed by atoms with Crippen molar-refractivity contribution in [2.75, 3.05) is 4.90 Å². The molecule has 1 heterocycles. The fourth-order valence-corrected chi connectivity index (χ4v) is 7.67. The van der Waals surface area contributed by atoms with Gasteiger partial charge in [-0.15, -0.1) is 0 Å². The van der Waals surface area contributed by atoms with Crippen molar-refractivity contribution in [1.82, 2.24) is 14.3 Å². The number of sulfonamides is 1. The Hall–Kier alpha value is -3.82. The molecule has 224 valence electrons. The van der Waals surface area contributed by atoms with Crippen molar-refractivity contribution in [3.05, 3.63) is 113 Å². The number of hydrogen-bond donors (Lipinski definition) is 1. The van der Waals surface area contributed by atoms with Gasteiger partial charge in [-0.3, -0.25) is 4.79 Å². The molecule has 1 fully saturated rings. The minimum atomic E-state index is -3.77. The fraction of sp³-hybridized carbons (Fsp3) is 0.353. The largest absolute Gasteiger partial charge is 0.337 e. The Balaban J connectivity index is 1.36. The molecule has 2 aliphatic rings. The second-order valence-electron chi connectivity index (χ2n) is 12.6. The van der Waals surface area contributed by atoms with Gasteiger partial charge in [0.25, 0.3) is 0 Å². The predicted octanol–water partition coefficient (Wildman–Crippen LogP) is 6.30. The number of benzene rings is 3. The number of aromatic nitrogens is 2. The predicted molar refractivity (Wildman–Crippen MR) is 165 cm³/mol. The molecule has 2 aliphatic carbocycles. The molecule has 0 aliphatic heterocycles. The Kier molecular flexibility index (Phi) is 7.50. The third-order valence-electron chi connectivity index (χ3n) is 9.00. The number of hydrogen-bond acceptors (Lipinski definition) is 4. The summed E-state index contributed by atoms with van der Waals surface area (Å²) in [5.74, 6) is 0.218. The van der Waals surface area contributed by atoms with E-state index in [1.54, 1.807) is 41.4 Å². The van der Waals surface area contributed by atoms with E-state index in [1.165, 1.54) is 12.1 Å². The van der Waals surface area contributed by atoms with Crippen LogP contribution >= 0.6 is 0 Å². The van der Waals surface area contributed by atoms with E-state index in [0.29, 0.717) is 18.5 Å². The molecule has 0 bridgehead atoms. The van der Waals surface area contributed by atoms with E-state index in [4.69, 9.17) is 0 Å². The van der Waals surface area contributed by atoms with E-state index in [9.17, 15) is 17.6 Å². The quantitative estimate of drug-likeness (QED) is 0.258. The van der Waals surface area contributed by atoms with Gasteiger partial charge < -0.3 is 9.47 Å². The molecule has 0 saturated heterocycles. The highest BCUT2D eigenvalue weighted by Gasteiger charge is 2.46. The highest BCUT2D eigenvalue weighted by molar-refractivity contribution is 7.89. The van der Waals surface area contributed by atoms with Crippen molar-refractivity contribution in [3.63, 3.8) is 0 Å². The van der Waals surface area contributed by atoms with Crippen LogP contribution in [0.4, 0.5) is 10.1 Å². The maximum atomic E-state index is 14.1. The van der Waals surface area contributed by atoms with Gasteiger partial charge in [0.2, 0.25) is 15.9 Å². The highest BCUT2D eigenvalue weighted by Crippen LogP contribution is 2.50. The Morgan fingerprint density at radius 3 is 2.58 bits per heavy atom. The molecule has 1 aromatic heterocycles. The molecule has 1 N–H and O–H groups in total. The van der Waals surface area contributed by atoms with Gasteiger partial charge in [0.05, 0.1) is 11.4 Å². The van der Waals surface area contributed by atoms with E-state index in [-0.39, 0.29) is 40.4 Å². The highest BCUT2D eigenvalue weighted by atomic mass is 32.2. The average molecular weight is 601 g/mol. The summed E-state index contributed by atoms with van der Waals surface area (Å²) < 4.78 is 45.4. The van der Waals surface area contributed by atoms with Crippen molar-refractivity contribution in [1.29, 1.82) is 0 Å². The summed E-state index contributed by atoms with van der Waals surface area (Å²) in [6, 6.07) is 18.8. The number of amides is 1. The normalized spacial score (nSPS) is 20.8. The van der Waals surface area contributed by atoms with Crippen LogP contribution in [-0.2, 0) is 33.8 Å². The minimum Gasteiger partial charge on any atom is -0.337 e. The minimum absolute atomic E-state index is 0.0239. The first kappa shape index (κ1) is 29.3. The summed E-state index contributed by atoms with van der Waals surface area (Å²) in [5.41, 5.74) is 4.33. The van der Waals surface area contributed by atoms with Crippen LogP contribution in [0.1, 0.15) is 73.1 Å². The Morgan fingerprint density at radius 1 is 1.12 bits per heavy atom. The molecule has 3 aromatic carbocycles. The molecular weight excluding hydrogens is 563 g/mol. The van der Waals surface area contributed by atoms with Gasteiger partial charge in [-0.1, -0.05) is 44.2 Å². The lowest BCUT2D eigenvalue weighted by molar-refractivity contribution is -0.120. The number of fused-ring (bicyclic) bond motifs is 1. The maximum absolute atomic E-state index is 14.1. The molecular formula is C34H37FN4O3S. The first-order valence-corrected chi connectivity index (χ1v) is 16.2. The number of nitrogens with one attached hydrogen (secondary N) is 1. The van der Waals surface area contributed by atoms with Crippen molar-refractivity contribution >= 4 is 21.6 Å². The van der Waals surface area contributed by atoms with Crippen LogP contribution in [0.5, 0.6) is 0 Å². The van der Waals surface area contributed by atoms with Crippen molar-refractivity contribution in [2.24, 2.45) is 13.0 Å². The average Bonchev–Trinajstić information content (AvgIpc) is 3.67. The van der Waals surface area contributed by atoms with E-state index in [1.807, 2.05) is 49.0 Å². The smallest absolute Gasteiger partial charge is 0.241 e. The third-order valence-corrected chi connectivity index (χ3v) is 10.5. The first-order chi connectivity index (χ1) is 20.4. The van der Waals surface area contributed by atoms with Crippen LogP contribution in [0.3, 0.4) is 0 Å². The van der Waals surface area contributed by atoms with Gasteiger partial charge in [0.1, 0.15) is 11.6 Å². The Bertz CT molecular complexity index is 1780. The van der Waals surface area contributed by atoms with Crippen LogP contribution in [0.15, 0.2) is 84.0 Å². The molecule has 4 aromatic rings. The number of halogens is 1. The summed E-state index contributed by atoms with van der Waals surface area (Å²) in [6.07, 6.45) is 5.71. The van der Waals surface area contributed by atoms with Crippen LogP contribution in [-0.4, -0.2) is 23.9 Å². The van der Waals surface area contributed by atoms with Crippen LogP contribution < -0.4 is 9.62 Å². The van der Waals surface area contributed by atoms with Gasteiger partial charge >= 0.3 is 0 Å². The number of carbonyl (C=O) groups excluding carboxylic acids is 1. The zero-order valence-corrected chi connectivity index (χ0v) is 25.7. The second-order valence-corrected chi connectivity index (χ2v) is 14.3. The summed E-state index contributed by atoms with van der Waals surface area (Å²) >= 11 is 0. The second kappa shape index (κ2) is 11.0. The molecule has 7 nitrogen and oxygen atoms in total. The third kappa shape index (κ3) is 5.88. The van der Waals surface area contributed by atoms with Crippen molar-refractivity contribution in [2.45, 2.75) is 68.8 Å². The molecule has 0 spiro atoms. The SMILES string of the molecule is Cc1cccc(S(=O)(=O)N[C@H]2CCC(C)(C)c3ccc(N(Cc4nccn4C)C(=O)[C@@H]4C[C@H]4c4ccc(F)cc4)cc32)c1. The molecule has 1 amide bonds. The lowest BCUT2D eigenvalue weighted by atomic mass is 9.71. The summed E-state index contributed by atoms with van der Waals surface area (Å²) in [6.45, 7) is 6.49. The zero-order valence-electron chi connectivity index (χ0n) is 24.9. The van der Waals surface area contributed by atoms with E-state index in [2.05, 4.69) is 23.6 Å². The Morgan fingerprint density at radius 2 is 1.88 bits per heavy atom. The van der Waals surface area contributed by atoms with E-state index >= 15 is 0 Å². The number of nitrogens with zero attached hydrogens (tertiary/aromatic N) is 3. The number of imidazole rings is 1. The zero-order chi connectivity index (χ0) is 30.5. The first-order valence-electron chi connectivity index (χ1n) is 14.7. The van der Waals surface area contributed by atoms with Gasteiger partial charge in [-0.25, -0.2) is 22.5 Å². The Labute approximate surface area is 252 Å². The van der Waals surface area contributed by atoms with Crippen LogP contribution in [0.25, 0.3) is 0 Å². The molecule has 0 radical (unpaired) electrons. The van der Waals surface area contributed by atoms with E-state index in [0.717, 1.165) is 34.5 Å². The molecule has 1 saturated carbocycles. The standard InChI is InChI=1S/C34H37FN4O3S/c1-22-6-5-7-26(18-22)43(41,42)37-31-14-15-34(2,3)30-13-12-25(19-29(30)31)39(21-32-36-16-17-38(32)4)33(40)28-20-27(28)23-8-10-24(35)11-9-23/h5-13,16-19,27-28,31,37H,14-15,20-21H2,1-4H3/t27-,28+,31-/m0/s1. The lowest BCUT2D eigenvalue weighted by Crippen LogP contribution is -2.37. The lowest BCUT2D eigenvalue weighted by Gasteiger charge is -2.38. The van der Waals surface area contributed by atoms with Gasteiger partial charge in [-0.2, -0.15) is 0 Å². The van der Waals surface area contributed by atoms with Crippen molar-refractivity contribution < 1.29 is 17.6 Å². The fourth-order valence-electron chi connectivity index (χ4n) is 6.31. The van der Waals surface area contributed by atoms with Gasteiger partial charge in [0.15, 0.2) is 0 Å². The summed E-state index contributed by atoms with van der Waals surface area (Å²) in [5, 5.41) is 0. The molecule has 0 unspecified atom stereocenters. The molecule has 9 heteroatoms. The maximum Gasteiger partial charge on any atom is 0.241 e. The van der Waals surface area contributed by atoms with Crippen LogP contribution in [0, 0.1) is 18.7 Å². The molecule has 3 atom stereocenters. The number of carbonyl (C=O) groups is 1. The molecule has 6 rings (SSSR count). The topological polar surface area (TPSA) is 84.3 Å². The van der Waals surface area contributed by atoms with Gasteiger partial charge in [0, 0.05) is 37.1 Å². The number of rotatable bonds is 8. The number of anilines is 1. The monoisotopic (exact) mass is 600 g/mol. The van der Waals surface area contributed by atoms with Crippen molar-refractivity contribution in [3.8, 4) is 0 Å². The van der Waals surface area contributed by atoms with Gasteiger partial charge in [-0.05, 0) is 96.2 Å². The molecule has 43 heavy (non-hydrogen) atoms. The summed E-state index contributed by atoms with van der Waals surface area (Å²) in [4.78, 5) is 20.6. The summed E-state index contributed by atoms with van der Waals surface area (Å²) in [7, 11) is -1.88. The number of aryl methyl sites for hydroxylation is 2. The van der Waals surface area contributed by atoms with E-state index < -0.39 is 16.1 Å².